The molecule has 0 spiro atoms. The lowest BCUT2D eigenvalue weighted by atomic mass is 9.95. The first kappa shape index (κ1) is 10.1. The third-order valence-electron chi connectivity index (χ3n) is 3.03. The molecule has 3 nitrogen and oxygen atoms in total. The average Bonchev–Trinajstić information content (AvgIpc) is 2.33. The topological polar surface area (TPSA) is 32.7 Å². The minimum absolute atomic E-state index is 0.304. The number of rotatable bonds is 3. The Kier molecular flexibility index (Phi) is 3.33. The number of nitrogens with zero attached hydrogens (tertiary/aromatic N) is 2. The van der Waals surface area contributed by atoms with Crippen molar-refractivity contribution in [3.05, 3.63) is 35.2 Å². The zero-order chi connectivity index (χ0) is 10.5. The second kappa shape index (κ2) is 4.91. The molecule has 0 heterocycles. The van der Waals surface area contributed by atoms with Crippen LogP contribution in [0.3, 0.4) is 0 Å². The maximum absolute atomic E-state index is 10.9. The van der Waals surface area contributed by atoms with Crippen LogP contribution in [0.15, 0.2) is 35.6 Å². The van der Waals surface area contributed by atoms with Gasteiger partial charge in [0.1, 0.15) is 0 Å². The normalized spacial score (nSPS) is 17.3. The maximum atomic E-state index is 10.9. The SMILES string of the molecule is O=NN(c1ccccc1)C1CCCCC1. The maximum Gasteiger partial charge on any atom is 0.0629 e. The van der Waals surface area contributed by atoms with E-state index in [0.717, 1.165) is 18.5 Å². The fraction of sp³-hybridized carbons (Fsp3) is 0.500. The summed E-state index contributed by atoms with van der Waals surface area (Å²) in [5.41, 5.74) is 0.916. The van der Waals surface area contributed by atoms with Gasteiger partial charge in [-0.05, 0) is 25.0 Å². The van der Waals surface area contributed by atoms with E-state index in [4.69, 9.17) is 0 Å². The molecule has 2 rings (SSSR count). The van der Waals surface area contributed by atoms with Gasteiger partial charge in [-0.3, -0.25) is 0 Å². The molecule has 0 atom stereocenters. The van der Waals surface area contributed by atoms with E-state index >= 15 is 0 Å². The van der Waals surface area contributed by atoms with E-state index in [9.17, 15) is 4.91 Å². The lowest BCUT2D eigenvalue weighted by Gasteiger charge is -2.29. The first-order chi connectivity index (χ1) is 7.42. The van der Waals surface area contributed by atoms with Gasteiger partial charge in [-0.2, -0.15) is 0 Å². The first-order valence-electron chi connectivity index (χ1n) is 5.59. The highest BCUT2D eigenvalue weighted by molar-refractivity contribution is 5.45. The molecule has 1 aliphatic rings. The van der Waals surface area contributed by atoms with Crippen LogP contribution in [-0.4, -0.2) is 6.04 Å². The van der Waals surface area contributed by atoms with E-state index < -0.39 is 0 Å². The van der Waals surface area contributed by atoms with Crippen molar-refractivity contribution in [2.75, 3.05) is 5.01 Å². The van der Waals surface area contributed by atoms with Crippen molar-refractivity contribution < 1.29 is 0 Å². The van der Waals surface area contributed by atoms with E-state index in [1.54, 1.807) is 5.01 Å². The summed E-state index contributed by atoms with van der Waals surface area (Å²) in [7, 11) is 0. The molecule has 0 radical (unpaired) electrons. The smallest absolute Gasteiger partial charge is 0.0629 e. The van der Waals surface area contributed by atoms with Gasteiger partial charge >= 0.3 is 0 Å². The molecule has 15 heavy (non-hydrogen) atoms. The highest BCUT2D eigenvalue weighted by atomic mass is 16.3. The first-order valence-corrected chi connectivity index (χ1v) is 5.59. The summed E-state index contributed by atoms with van der Waals surface area (Å²) >= 11 is 0. The summed E-state index contributed by atoms with van der Waals surface area (Å²) in [5.74, 6) is 0. The number of benzene rings is 1. The molecule has 0 saturated heterocycles. The molecule has 1 aromatic carbocycles. The number of anilines is 1. The van der Waals surface area contributed by atoms with Gasteiger partial charge in [0.25, 0.3) is 0 Å². The Labute approximate surface area is 90.0 Å². The zero-order valence-electron chi connectivity index (χ0n) is 8.80. The van der Waals surface area contributed by atoms with Crippen LogP contribution >= 0.6 is 0 Å². The third-order valence-corrected chi connectivity index (χ3v) is 3.03. The lowest BCUT2D eigenvalue weighted by Crippen LogP contribution is -2.32. The van der Waals surface area contributed by atoms with E-state index in [1.165, 1.54) is 19.3 Å². The standard InChI is InChI=1S/C12H16N2O/c15-13-14(11-7-3-1-4-8-11)12-9-5-2-6-10-12/h1,3-4,7-8,12H,2,5-6,9-10H2. The minimum atomic E-state index is 0.304. The van der Waals surface area contributed by atoms with Gasteiger partial charge in [0.05, 0.1) is 17.0 Å². The minimum Gasteiger partial charge on any atom is -0.226 e. The molecule has 0 amide bonds. The van der Waals surface area contributed by atoms with Crippen LogP contribution in [0.2, 0.25) is 0 Å². The third kappa shape index (κ3) is 2.35. The Hall–Kier alpha value is -1.38. The summed E-state index contributed by atoms with van der Waals surface area (Å²) in [4.78, 5) is 10.9. The molecule has 1 fully saturated rings. The van der Waals surface area contributed by atoms with Crippen LogP contribution in [0.25, 0.3) is 0 Å². The van der Waals surface area contributed by atoms with Crippen LogP contribution in [0.1, 0.15) is 32.1 Å². The highest BCUT2D eigenvalue weighted by Crippen LogP contribution is 2.27. The van der Waals surface area contributed by atoms with Gasteiger partial charge in [0.2, 0.25) is 0 Å². The zero-order valence-corrected chi connectivity index (χ0v) is 8.80. The second-order valence-corrected chi connectivity index (χ2v) is 4.05. The number of hydrogen-bond donors (Lipinski definition) is 0. The van der Waals surface area contributed by atoms with Crippen molar-refractivity contribution in [1.82, 2.24) is 0 Å². The molecule has 1 aliphatic carbocycles. The molecule has 1 saturated carbocycles. The summed E-state index contributed by atoms with van der Waals surface area (Å²) in [6, 6.07) is 10.0. The van der Waals surface area contributed by atoms with Gasteiger partial charge in [-0.15, -0.1) is 4.91 Å². The van der Waals surface area contributed by atoms with E-state index in [0.29, 0.717) is 6.04 Å². The molecule has 0 unspecified atom stereocenters. The Morgan fingerprint density at radius 3 is 2.33 bits per heavy atom. The fourth-order valence-corrected chi connectivity index (χ4v) is 2.23. The van der Waals surface area contributed by atoms with Crippen molar-refractivity contribution in [3.8, 4) is 0 Å². The molecule has 0 aromatic heterocycles. The van der Waals surface area contributed by atoms with Crippen LogP contribution in [0, 0.1) is 4.91 Å². The van der Waals surface area contributed by atoms with Crippen molar-refractivity contribution in [2.24, 2.45) is 5.29 Å². The largest absolute Gasteiger partial charge is 0.226 e. The van der Waals surface area contributed by atoms with Gasteiger partial charge in [0.15, 0.2) is 0 Å². The number of para-hydroxylation sites is 1. The van der Waals surface area contributed by atoms with Gasteiger partial charge < -0.3 is 0 Å². The summed E-state index contributed by atoms with van der Waals surface area (Å²) in [6.45, 7) is 0. The van der Waals surface area contributed by atoms with Crippen molar-refractivity contribution in [2.45, 2.75) is 38.1 Å². The molecule has 0 N–H and O–H groups in total. The van der Waals surface area contributed by atoms with Gasteiger partial charge in [-0.1, -0.05) is 37.5 Å². The van der Waals surface area contributed by atoms with Gasteiger partial charge in [-0.25, -0.2) is 5.01 Å². The second-order valence-electron chi connectivity index (χ2n) is 4.05. The Balaban J connectivity index is 2.12. The summed E-state index contributed by atoms with van der Waals surface area (Å²) in [5, 5.41) is 4.80. The van der Waals surface area contributed by atoms with Crippen molar-refractivity contribution >= 4 is 5.69 Å². The van der Waals surface area contributed by atoms with Crippen LogP contribution in [0.5, 0.6) is 0 Å². The van der Waals surface area contributed by atoms with E-state index in [-0.39, 0.29) is 0 Å². The van der Waals surface area contributed by atoms with Gasteiger partial charge in [0, 0.05) is 0 Å². The Morgan fingerprint density at radius 1 is 1.07 bits per heavy atom. The lowest BCUT2D eigenvalue weighted by molar-refractivity contribution is 0.418. The Morgan fingerprint density at radius 2 is 1.73 bits per heavy atom. The molecule has 3 heteroatoms. The van der Waals surface area contributed by atoms with Crippen molar-refractivity contribution in [1.29, 1.82) is 0 Å². The number of hydrogen-bond acceptors (Lipinski definition) is 2. The monoisotopic (exact) mass is 204 g/mol. The molecule has 0 bridgehead atoms. The summed E-state index contributed by atoms with van der Waals surface area (Å²) in [6.07, 6.45) is 5.88. The average molecular weight is 204 g/mol. The van der Waals surface area contributed by atoms with Crippen LogP contribution in [0.4, 0.5) is 5.69 Å². The van der Waals surface area contributed by atoms with Crippen LogP contribution in [-0.2, 0) is 0 Å². The highest BCUT2D eigenvalue weighted by Gasteiger charge is 2.21. The fourth-order valence-electron chi connectivity index (χ4n) is 2.23. The Bertz CT molecular complexity index is 307. The van der Waals surface area contributed by atoms with E-state index in [2.05, 4.69) is 5.29 Å². The predicted molar refractivity (Wildman–Crippen MR) is 61.6 cm³/mol. The van der Waals surface area contributed by atoms with Crippen LogP contribution < -0.4 is 5.01 Å². The molecular formula is C12H16N2O. The number of nitroso groups, excluding NO2 is 1. The van der Waals surface area contributed by atoms with Crippen molar-refractivity contribution in [3.63, 3.8) is 0 Å². The molecule has 1 aromatic rings. The molecule has 0 aliphatic heterocycles. The molecule has 80 valence electrons. The predicted octanol–water partition coefficient (Wildman–Crippen LogP) is 3.51. The molecular weight excluding hydrogens is 188 g/mol. The quantitative estimate of drug-likeness (QED) is 0.557. The van der Waals surface area contributed by atoms with E-state index in [1.807, 2.05) is 30.3 Å². The summed E-state index contributed by atoms with van der Waals surface area (Å²) < 4.78 is 0.